The van der Waals surface area contributed by atoms with Gasteiger partial charge in [-0.3, -0.25) is 4.79 Å². The average molecular weight is 210 g/mol. The summed E-state index contributed by atoms with van der Waals surface area (Å²) in [5.41, 5.74) is 4.28. The van der Waals surface area contributed by atoms with Crippen LogP contribution in [-0.2, 0) is 0 Å². The number of Topliss-reactive ketones (excluding diaryl/α,β-unsaturated/α-hetero) is 1. The van der Waals surface area contributed by atoms with E-state index in [4.69, 9.17) is 0 Å². The number of benzene rings is 2. The van der Waals surface area contributed by atoms with Gasteiger partial charge in [-0.05, 0) is 36.6 Å². The van der Waals surface area contributed by atoms with E-state index in [9.17, 15) is 4.79 Å². The zero-order chi connectivity index (χ0) is 11.5. The van der Waals surface area contributed by atoms with Crippen LogP contribution in [0.5, 0.6) is 0 Å². The Morgan fingerprint density at radius 2 is 1.75 bits per heavy atom. The van der Waals surface area contributed by atoms with Crippen molar-refractivity contribution in [1.82, 2.24) is 0 Å². The molecule has 0 aromatic heterocycles. The van der Waals surface area contributed by atoms with Crippen LogP contribution in [0.3, 0.4) is 0 Å². The molecular weight excluding hydrogens is 196 g/mol. The molecule has 0 saturated carbocycles. The molecular formula is C15H14O. The van der Waals surface area contributed by atoms with E-state index >= 15 is 0 Å². The van der Waals surface area contributed by atoms with Gasteiger partial charge in [0.25, 0.3) is 0 Å². The predicted molar refractivity (Wildman–Crippen MR) is 66.6 cm³/mol. The maximum Gasteiger partial charge on any atom is 0.159 e. The second-order valence-corrected chi connectivity index (χ2v) is 3.95. The van der Waals surface area contributed by atoms with Gasteiger partial charge in [-0.2, -0.15) is 0 Å². The van der Waals surface area contributed by atoms with E-state index < -0.39 is 0 Å². The Hall–Kier alpha value is -1.89. The zero-order valence-electron chi connectivity index (χ0n) is 9.53. The van der Waals surface area contributed by atoms with Crippen molar-refractivity contribution in [3.8, 4) is 11.1 Å². The third kappa shape index (κ3) is 2.03. The maximum atomic E-state index is 11.3. The number of hydrogen-bond donors (Lipinski definition) is 0. The lowest BCUT2D eigenvalue weighted by Gasteiger charge is -2.06. The zero-order valence-corrected chi connectivity index (χ0v) is 9.53. The molecule has 16 heavy (non-hydrogen) atoms. The molecule has 2 rings (SSSR count). The lowest BCUT2D eigenvalue weighted by atomic mass is 9.98. The van der Waals surface area contributed by atoms with Gasteiger partial charge in [0, 0.05) is 5.56 Å². The summed E-state index contributed by atoms with van der Waals surface area (Å²) < 4.78 is 0. The van der Waals surface area contributed by atoms with Crippen molar-refractivity contribution in [2.75, 3.05) is 0 Å². The van der Waals surface area contributed by atoms with Gasteiger partial charge >= 0.3 is 0 Å². The number of hydrogen-bond acceptors (Lipinski definition) is 1. The first kappa shape index (κ1) is 10.6. The molecule has 0 aliphatic heterocycles. The van der Waals surface area contributed by atoms with Gasteiger partial charge in [-0.15, -0.1) is 0 Å². The van der Waals surface area contributed by atoms with Gasteiger partial charge in [-0.25, -0.2) is 0 Å². The molecule has 1 heteroatoms. The van der Waals surface area contributed by atoms with E-state index in [-0.39, 0.29) is 5.78 Å². The fraction of sp³-hybridized carbons (Fsp3) is 0.133. The molecule has 80 valence electrons. The van der Waals surface area contributed by atoms with Gasteiger partial charge in [0.15, 0.2) is 5.78 Å². The van der Waals surface area contributed by atoms with Crippen molar-refractivity contribution < 1.29 is 4.79 Å². The van der Waals surface area contributed by atoms with Crippen LogP contribution in [0.2, 0.25) is 0 Å². The summed E-state index contributed by atoms with van der Waals surface area (Å²) >= 11 is 0. The third-order valence-corrected chi connectivity index (χ3v) is 2.73. The van der Waals surface area contributed by atoms with Gasteiger partial charge in [0.2, 0.25) is 0 Å². The summed E-state index contributed by atoms with van der Waals surface area (Å²) in [5, 5.41) is 0. The Balaban J connectivity index is 2.53. The summed E-state index contributed by atoms with van der Waals surface area (Å²) in [6.45, 7) is 3.67. The van der Waals surface area contributed by atoms with Crippen LogP contribution in [-0.4, -0.2) is 5.78 Å². The van der Waals surface area contributed by atoms with Crippen LogP contribution >= 0.6 is 0 Å². The van der Waals surface area contributed by atoms with Crippen LogP contribution in [0.1, 0.15) is 22.8 Å². The van der Waals surface area contributed by atoms with Crippen molar-refractivity contribution in [3.63, 3.8) is 0 Å². The van der Waals surface area contributed by atoms with Gasteiger partial charge in [0.1, 0.15) is 0 Å². The Morgan fingerprint density at radius 1 is 1.00 bits per heavy atom. The highest BCUT2D eigenvalue weighted by Crippen LogP contribution is 2.23. The van der Waals surface area contributed by atoms with Crippen LogP contribution in [0, 0.1) is 6.92 Å². The van der Waals surface area contributed by atoms with Crippen LogP contribution in [0.25, 0.3) is 11.1 Å². The number of ketones is 1. The van der Waals surface area contributed by atoms with Crippen LogP contribution in [0.4, 0.5) is 0 Å². The molecule has 0 spiro atoms. The van der Waals surface area contributed by atoms with E-state index in [2.05, 4.69) is 19.1 Å². The van der Waals surface area contributed by atoms with Crippen LogP contribution in [0.15, 0.2) is 48.5 Å². The summed E-state index contributed by atoms with van der Waals surface area (Å²) in [4.78, 5) is 11.3. The maximum absolute atomic E-state index is 11.3. The Morgan fingerprint density at radius 3 is 2.44 bits per heavy atom. The lowest BCUT2D eigenvalue weighted by molar-refractivity contribution is 0.101. The first-order chi connectivity index (χ1) is 7.68. The molecule has 1 nitrogen and oxygen atoms in total. The van der Waals surface area contributed by atoms with E-state index in [1.807, 2.05) is 36.4 Å². The fourth-order valence-electron chi connectivity index (χ4n) is 1.80. The standard InChI is InChI=1S/C15H14O/c1-11-6-3-4-9-15(11)14-8-5-7-13(10-14)12(2)16/h3-10H,1-2H3. The molecule has 2 aromatic carbocycles. The Bertz CT molecular complexity index is 526. The van der Waals surface area contributed by atoms with Crippen molar-refractivity contribution >= 4 is 5.78 Å². The molecule has 2 aromatic rings. The predicted octanol–water partition coefficient (Wildman–Crippen LogP) is 3.86. The average Bonchev–Trinajstić information content (AvgIpc) is 2.30. The van der Waals surface area contributed by atoms with Crippen LogP contribution < -0.4 is 0 Å². The summed E-state index contributed by atoms with van der Waals surface area (Å²) in [6, 6.07) is 16.0. The second-order valence-electron chi connectivity index (χ2n) is 3.95. The Kier molecular flexibility index (Phi) is 2.86. The van der Waals surface area contributed by atoms with Crippen molar-refractivity contribution in [2.45, 2.75) is 13.8 Å². The summed E-state index contributed by atoms with van der Waals surface area (Å²) in [6.07, 6.45) is 0. The molecule has 0 radical (unpaired) electrons. The normalized spacial score (nSPS) is 10.1. The first-order valence-electron chi connectivity index (χ1n) is 5.35. The van der Waals surface area contributed by atoms with E-state index in [1.54, 1.807) is 6.92 Å². The fourth-order valence-corrected chi connectivity index (χ4v) is 1.80. The highest BCUT2D eigenvalue weighted by atomic mass is 16.1. The molecule has 0 aliphatic rings. The Labute approximate surface area is 95.7 Å². The minimum absolute atomic E-state index is 0.107. The third-order valence-electron chi connectivity index (χ3n) is 2.73. The SMILES string of the molecule is CC(=O)c1cccc(-c2ccccc2C)c1. The molecule has 0 N–H and O–H groups in total. The molecule has 0 bridgehead atoms. The topological polar surface area (TPSA) is 17.1 Å². The number of rotatable bonds is 2. The molecule has 0 unspecified atom stereocenters. The molecule has 0 aliphatic carbocycles. The molecule has 0 heterocycles. The smallest absolute Gasteiger partial charge is 0.159 e. The van der Waals surface area contributed by atoms with E-state index in [0.717, 1.165) is 11.1 Å². The second kappa shape index (κ2) is 4.31. The minimum Gasteiger partial charge on any atom is -0.295 e. The highest BCUT2D eigenvalue weighted by molar-refractivity contribution is 5.95. The summed E-state index contributed by atoms with van der Waals surface area (Å²) in [7, 11) is 0. The largest absolute Gasteiger partial charge is 0.295 e. The minimum atomic E-state index is 0.107. The lowest BCUT2D eigenvalue weighted by Crippen LogP contribution is -1.92. The number of carbonyl (C=O) groups excluding carboxylic acids is 1. The van der Waals surface area contributed by atoms with E-state index in [0.29, 0.717) is 0 Å². The van der Waals surface area contributed by atoms with E-state index in [1.165, 1.54) is 11.1 Å². The highest BCUT2D eigenvalue weighted by Gasteiger charge is 2.03. The summed E-state index contributed by atoms with van der Waals surface area (Å²) in [5.74, 6) is 0.107. The van der Waals surface area contributed by atoms with Crippen molar-refractivity contribution in [3.05, 3.63) is 59.7 Å². The van der Waals surface area contributed by atoms with Gasteiger partial charge in [-0.1, -0.05) is 42.5 Å². The first-order valence-corrected chi connectivity index (χ1v) is 5.35. The molecule has 0 saturated heterocycles. The monoisotopic (exact) mass is 210 g/mol. The van der Waals surface area contributed by atoms with Crippen molar-refractivity contribution in [1.29, 1.82) is 0 Å². The molecule has 0 amide bonds. The molecule has 0 fully saturated rings. The quantitative estimate of drug-likeness (QED) is 0.688. The number of aryl methyl sites for hydroxylation is 1. The van der Waals surface area contributed by atoms with Crippen molar-refractivity contribution in [2.24, 2.45) is 0 Å². The molecule has 0 atom stereocenters. The number of carbonyl (C=O) groups is 1. The van der Waals surface area contributed by atoms with Gasteiger partial charge < -0.3 is 0 Å². The van der Waals surface area contributed by atoms with Gasteiger partial charge in [0.05, 0.1) is 0 Å².